The van der Waals surface area contributed by atoms with Crippen molar-refractivity contribution in [3.05, 3.63) is 113 Å². The number of nitrogens with one attached hydrogen (secondary N) is 2. The molecule has 2 heterocycles. The number of urea groups is 1. The lowest BCUT2D eigenvalue weighted by Crippen LogP contribution is -2.50. The number of carbonyl (C=O) groups is 3. The Hall–Kier alpha value is -4.74. The van der Waals surface area contributed by atoms with Gasteiger partial charge in [0.25, 0.3) is 11.8 Å². The van der Waals surface area contributed by atoms with Gasteiger partial charge in [-0.2, -0.15) is 5.10 Å². The monoisotopic (exact) mass is 764 g/mol. The summed E-state index contributed by atoms with van der Waals surface area (Å²) in [6, 6.07) is 24.5. The number of nitrogens with zero attached hydrogens (tertiary/aromatic N) is 4. The van der Waals surface area contributed by atoms with Crippen molar-refractivity contribution < 1.29 is 18.8 Å². The Morgan fingerprint density at radius 2 is 1.56 bits per heavy atom. The number of benzene rings is 3. The zero-order valence-electron chi connectivity index (χ0n) is 34.1. The summed E-state index contributed by atoms with van der Waals surface area (Å²) in [4.78, 5) is 45.9. The van der Waals surface area contributed by atoms with E-state index in [1.165, 1.54) is 5.56 Å². The fourth-order valence-corrected chi connectivity index (χ4v) is 7.61. The van der Waals surface area contributed by atoms with E-state index in [0.29, 0.717) is 61.8 Å². The molecule has 1 aliphatic heterocycles. The van der Waals surface area contributed by atoms with Gasteiger partial charge < -0.3 is 24.9 Å². The molecular formula is C44H60N6O4Si. The van der Waals surface area contributed by atoms with Crippen LogP contribution in [0.2, 0.25) is 18.1 Å². The summed E-state index contributed by atoms with van der Waals surface area (Å²) in [5.74, 6) is -0.308. The van der Waals surface area contributed by atoms with Crippen LogP contribution in [-0.4, -0.2) is 71.5 Å². The largest absolute Gasteiger partial charge is 0.415 e. The Kier molecular flexibility index (Phi) is 13.8. The lowest BCUT2D eigenvalue weighted by Gasteiger charge is -2.41. The Bertz CT molecular complexity index is 1930. The molecule has 3 aromatic carbocycles. The molecule has 1 aliphatic rings. The maximum absolute atomic E-state index is 15.1. The van der Waals surface area contributed by atoms with E-state index in [9.17, 15) is 9.59 Å². The molecule has 2 N–H and O–H groups in total. The van der Waals surface area contributed by atoms with Crippen LogP contribution in [0.15, 0.2) is 78.9 Å². The van der Waals surface area contributed by atoms with Crippen LogP contribution in [0.3, 0.4) is 0 Å². The minimum atomic E-state index is -2.13. The van der Waals surface area contributed by atoms with Crippen LogP contribution < -0.4 is 10.6 Å². The van der Waals surface area contributed by atoms with Gasteiger partial charge in [-0.25, -0.2) is 9.48 Å². The summed E-state index contributed by atoms with van der Waals surface area (Å²) in [5, 5.41) is 10.7. The number of anilines is 1. The molecule has 10 nitrogen and oxygen atoms in total. The van der Waals surface area contributed by atoms with E-state index in [-0.39, 0.29) is 28.9 Å². The standard InChI is InChI=1S/C44H60N6O4Si/c1-9-11-24-48(25-12-10-2)42(52)39-26-32(3)50(47-39)40-23-22-36(46-43(53)45-29-33-18-14-13-15-19-33)28-38(40)41(51)49-30-35-21-17-16-20-34(35)27-37(49)31-54-55(7,8)44(4,5)6/h13-23,26,28,37H,9-12,24-25,27,29-31H2,1-8H3,(H2,45,46,53)/t37-/m0/s1. The van der Waals surface area contributed by atoms with Gasteiger partial charge in [-0.3, -0.25) is 9.59 Å². The van der Waals surface area contributed by atoms with Gasteiger partial charge in [0, 0.05) is 37.6 Å². The molecular weight excluding hydrogens is 705 g/mol. The minimum Gasteiger partial charge on any atom is -0.415 e. The van der Waals surface area contributed by atoms with Crippen LogP contribution >= 0.6 is 0 Å². The van der Waals surface area contributed by atoms with Crippen LogP contribution in [-0.2, 0) is 23.9 Å². The maximum atomic E-state index is 15.1. The molecule has 1 aromatic heterocycles. The maximum Gasteiger partial charge on any atom is 0.319 e. The second-order valence-electron chi connectivity index (χ2n) is 16.2. The first-order valence-electron chi connectivity index (χ1n) is 19.8. The summed E-state index contributed by atoms with van der Waals surface area (Å²) in [6.07, 6.45) is 4.47. The molecule has 1 atom stereocenters. The van der Waals surface area contributed by atoms with Crippen molar-refractivity contribution in [3.63, 3.8) is 0 Å². The molecule has 0 fully saturated rings. The molecule has 55 heavy (non-hydrogen) atoms. The Morgan fingerprint density at radius 3 is 2.22 bits per heavy atom. The summed E-state index contributed by atoms with van der Waals surface area (Å²) in [7, 11) is -2.13. The van der Waals surface area contributed by atoms with Crippen molar-refractivity contribution in [3.8, 4) is 5.69 Å². The smallest absolute Gasteiger partial charge is 0.319 e. The number of fused-ring (bicyclic) bond motifs is 1. The first kappa shape index (κ1) is 41.4. The van der Waals surface area contributed by atoms with Crippen LogP contribution in [0.5, 0.6) is 0 Å². The lowest BCUT2D eigenvalue weighted by molar-refractivity contribution is 0.0554. The first-order chi connectivity index (χ1) is 26.2. The average molecular weight is 765 g/mol. The van der Waals surface area contributed by atoms with Gasteiger partial charge in [0.05, 0.1) is 23.9 Å². The average Bonchev–Trinajstić information content (AvgIpc) is 3.56. The third kappa shape index (κ3) is 10.3. The molecule has 0 unspecified atom stereocenters. The number of unbranched alkanes of at least 4 members (excludes halogenated alkanes) is 2. The topological polar surface area (TPSA) is 109 Å². The zero-order valence-corrected chi connectivity index (χ0v) is 35.1. The third-order valence-corrected chi connectivity index (χ3v) is 15.5. The third-order valence-electron chi connectivity index (χ3n) is 11.0. The van der Waals surface area contributed by atoms with E-state index < -0.39 is 8.32 Å². The highest BCUT2D eigenvalue weighted by molar-refractivity contribution is 6.74. The van der Waals surface area contributed by atoms with Crippen molar-refractivity contribution >= 4 is 31.9 Å². The molecule has 4 aromatic rings. The number of rotatable bonds is 15. The molecule has 0 saturated heterocycles. The zero-order chi connectivity index (χ0) is 39.8. The summed E-state index contributed by atoms with van der Waals surface area (Å²) in [5.41, 5.74) is 5.73. The van der Waals surface area contributed by atoms with Crippen molar-refractivity contribution in [2.24, 2.45) is 0 Å². The van der Waals surface area contributed by atoms with E-state index >= 15 is 4.79 Å². The number of carbonyl (C=O) groups excluding carboxylic acids is 3. The Balaban J connectivity index is 1.53. The van der Waals surface area contributed by atoms with Crippen LogP contribution in [0, 0.1) is 6.92 Å². The van der Waals surface area contributed by atoms with E-state index in [2.05, 4.69) is 70.5 Å². The van der Waals surface area contributed by atoms with E-state index in [1.807, 2.05) is 59.2 Å². The second kappa shape index (κ2) is 18.3. The van der Waals surface area contributed by atoms with E-state index in [0.717, 1.165) is 42.5 Å². The molecule has 5 rings (SSSR count). The lowest BCUT2D eigenvalue weighted by atomic mass is 9.93. The highest BCUT2D eigenvalue weighted by atomic mass is 28.4. The van der Waals surface area contributed by atoms with Gasteiger partial charge in [0.1, 0.15) is 0 Å². The molecule has 0 aliphatic carbocycles. The summed E-state index contributed by atoms with van der Waals surface area (Å²) in [6.45, 7) is 19.8. The number of aryl methyl sites for hydroxylation is 1. The summed E-state index contributed by atoms with van der Waals surface area (Å²) >= 11 is 0. The predicted molar refractivity (Wildman–Crippen MR) is 223 cm³/mol. The van der Waals surface area contributed by atoms with Crippen LogP contribution in [0.4, 0.5) is 10.5 Å². The number of hydrogen-bond acceptors (Lipinski definition) is 5. The fraction of sp³-hybridized carbons (Fsp3) is 0.455. The number of amides is 4. The predicted octanol–water partition coefficient (Wildman–Crippen LogP) is 9.13. The minimum absolute atomic E-state index is 0.0120. The molecule has 294 valence electrons. The summed E-state index contributed by atoms with van der Waals surface area (Å²) < 4.78 is 8.46. The van der Waals surface area contributed by atoms with Crippen LogP contribution in [0.1, 0.15) is 104 Å². The SMILES string of the molecule is CCCCN(CCCC)C(=O)c1cc(C)n(-c2ccc(NC(=O)NCc3ccccc3)cc2C(=O)N2Cc3ccccc3C[C@H]2CO[Si](C)(C)C(C)(C)C)n1. The van der Waals surface area contributed by atoms with Crippen LogP contribution in [0.25, 0.3) is 5.69 Å². The van der Waals surface area contributed by atoms with Crippen molar-refractivity contribution in [2.75, 3.05) is 25.0 Å². The first-order valence-corrected chi connectivity index (χ1v) is 22.7. The van der Waals surface area contributed by atoms with Crippen molar-refractivity contribution in [2.45, 2.75) is 111 Å². The molecule has 11 heteroatoms. The van der Waals surface area contributed by atoms with Gasteiger partial charge in [-0.15, -0.1) is 0 Å². The highest BCUT2D eigenvalue weighted by Gasteiger charge is 2.40. The van der Waals surface area contributed by atoms with Gasteiger partial charge in [-0.1, -0.05) is 102 Å². The molecule has 0 saturated carbocycles. The highest BCUT2D eigenvalue weighted by Crippen LogP contribution is 2.37. The van der Waals surface area contributed by atoms with Crippen molar-refractivity contribution in [1.29, 1.82) is 0 Å². The Morgan fingerprint density at radius 1 is 0.909 bits per heavy atom. The molecule has 0 bridgehead atoms. The molecule has 0 radical (unpaired) electrons. The number of aromatic nitrogens is 2. The van der Waals surface area contributed by atoms with Crippen molar-refractivity contribution in [1.82, 2.24) is 24.9 Å². The normalized spacial score (nSPS) is 14.3. The molecule has 4 amide bonds. The van der Waals surface area contributed by atoms with Gasteiger partial charge >= 0.3 is 6.03 Å². The molecule has 0 spiro atoms. The second-order valence-corrected chi connectivity index (χ2v) is 21.0. The Labute approximate surface area is 328 Å². The fourth-order valence-electron chi connectivity index (χ4n) is 6.57. The number of hydrogen-bond donors (Lipinski definition) is 2. The van der Waals surface area contributed by atoms with Gasteiger partial charge in [-0.05, 0) is 85.3 Å². The quantitative estimate of drug-likeness (QED) is 0.117. The van der Waals surface area contributed by atoms with E-state index in [1.54, 1.807) is 28.9 Å². The van der Waals surface area contributed by atoms with Gasteiger partial charge in [0.15, 0.2) is 14.0 Å². The van der Waals surface area contributed by atoms with E-state index in [4.69, 9.17) is 9.52 Å². The van der Waals surface area contributed by atoms with Gasteiger partial charge in [0.2, 0.25) is 0 Å².